The van der Waals surface area contributed by atoms with Crippen molar-refractivity contribution in [1.29, 1.82) is 0 Å². The minimum absolute atomic E-state index is 0.568. The van der Waals surface area contributed by atoms with Crippen LogP contribution >= 0.6 is 0 Å². The molecule has 1 aliphatic rings. The molecule has 2 unspecified atom stereocenters. The number of anilines is 1. The standard InChI is InChI=1S/C18H28N2/c1-5-15(4)17-13-20(11-10-14(2)3)18-9-7-6-8-16(18)12-19-17/h6-10,15,17,19H,5,11-13H2,1-4H3. The second-order valence-electron chi connectivity index (χ2n) is 6.19. The molecule has 0 fully saturated rings. The summed E-state index contributed by atoms with van der Waals surface area (Å²) in [6.45, 7) is 12.1. The predicted molar refractivity (Wildman–Crippen MR) is 88.2 cm³/mol. The third-order valence-electron chi connectivity index (χ3n) is 4.35. The largest absolute Gasteiger partial charge is 0.366 e. The van der Waals surface area contributed by atoms with E-state index in [1.54, 1.807) is 0 Å². The average Bonchev–Trinajstić information content (AvgIpc) is 2.64. The molecule has 1 aliphatic heterocycles. The number of allylic oxidation sites excluding steroid dienone is 1. The van der Waals surface area contributed by atoms with E-state index in [1.165, 1.54) is 23.2 Å². The number of rotatable bonds is 4. The molecule has 1 aromatic carbocycles. The molecule has 2 heteroatoms. The molecule has 1 heterocycles. The van der Waals surface area contributed by atoms with Gasteiger partial charge in [-0.1, -0.05) is 50.1 Å². The molecule has 0 aromatic heterocycles. The zero-order valence-electron chi connectivity index (χ0n) is 13.3. The molecule has 0 radical (unpaired) electrons. The summed E-state index contributed by atoms with van der Waals surface area (Å²) in [4.78, 5) is 2.53. The van der Waals surface area contributed by atoms with Crippen molar-refractivity contribution in [3.63, 3.8) is 0 Å². The fraction of sp³-hybridized carbons (Fsp3) is 0.556. The van der Waals surface area contributed by atoms with Crippen molar-refractivity contribution in [3.05, 3.63) is 41.5 Å². The Morgan fingerprint density at radius 1 is 1.40 bits per heavy atom. The summed E-state index contributed by atoms with van der Waals surface area (Å²) in [6, 6.07) is 9.37. The highest BCUT2D eigenvalue weighted by Crippen LogP contribution is 2.25. The monoisotopic (exact) mass is 272 g/mol. The fourth-order valence-corrected chi connectivity index (χ4v) is 2.74. The van der Waals surface area contributed by atoms with Crippen LogP contribution in [0, 0.1) is 5.92 Å². The number of nitrogens with one attached hydrogen (secondary N) is 1. The number of hydrogen-bond donors (Lipinski definition) is 1. The van der Waals surface area contributed by atoms with Crippen molar-refractivity contribution >= 4 is 5.69 Å². The van der Waals surface area contributed by atoms with Crippen LogP contribution in [-0.4, -0.2) is 19.1 Å². The van der Waals surface area contributed by atoms with Gasteiger partial charge < -0.3 is 10.2 Å². The van der Waals surface area contributed by atoms with E-state index in [2.05, 4.69) is 68.3 Å². The summed E-state index contributed by atoms with van der Waals surface area (Å²) in [5.41, 5.74) is 4.20. The number of para-hydroxylation sites is 1. The van der Waals surface area contributed by atoms with Gasteiger partial charge in [0.15, 0.2) is 0 Å². The zero-order valence-corrected chi connectivity index (χ0v) is 13.3. The summed E-state index contributed by atoms with van der Waals surface area (Å²) < 4.78 is 0. The van der Waals surface area contributed by atoms with Gasteiger partial charge in [0.2, 0.25) is 0 Å². The minimum atomic E-state index is 0.568. The highest BCUT2D eigenvalue weighted by molar-refractivity contribution is 5.55. The molecule has 0 aliphatic carbocycles. The molecule has 1 aromatic rings. The van der Waals surface area contributed by atoms with Crippen LogP contribution in [0.5, 0.6) is 0 Å². The van der Waals surface area contributed by atoms with Crippen LogP contribution in [0.1, 0.15) is 39.7 Å². The van der Waals surface area contributed by atoms with E-state index in [9.17, 15) is 0 Å². The summed E-state index contributed by atoms with van der Waals surface area (Å²) in [7, 11) is 0. The van der Waals surface area contributed by atoms with Crippen molar-refractivity contribution in [2.24, 2.45) is 5.92 Å². The maximum absolute atomic E-state index is 3.74. The molecular weight excluding hydrogens is 244 g/mol. The van der Waals surface area contributed by atoms with E-state index in [4.69, 9.17) is 0 Å². The van der Waals surface area contributed by atoms with Crippen molar-refractivity contribution in [2.75, 3.05) is 18.0 Å². The zero-order chi connectivity index (χ0) is 14.5. The first kappa shape index (κ1) is 15.1. The highest BCUT2D eigenvalue weighted by Gasteiger charge is 2.23. The minimum Gasteiger partial charge on any atom is -0.366 e. The Hall–Kier alpha value is -1.28. The lowest BCUT2D eigenvalue weighted by Crippen LogP contribution is -2.42. The number of hydrogen-bond acceptors (Lipinski definition) is 2. The first-order valence-corrected chi connectivity index (χ1v) is 7.81. The lowest BCUT2D eigenvalue weighted by Gasteiger charge is -2.29. The van der Waals surface area contributed by atoms with Crippen molar-refractivity contribution < 1.29 is 0 Å². The third-order valence-corrected chi connectivity index (χ3v) is 4.35. The van der Waals surface area contributed by atoms with Gasteiger partial charge in [0.25, 0.3) is 0 Å². The molecule has 0 saturated heterocycles. The van der Waals surface area contributed by atoms with Crippen molar-refractivity contribution in [1.82, 2.24) is 5.32 Å². The Morgan fingerprint density at radius 3 is 2.85 bits per heavy atom. The normalized spacial score (nSPS) is 20.0. The molecule has 1 N–H and O–H groups in total. The Morgan fingerprint density at radius 2 is 2.15 bits per heavy atom. The summed E-state index contributed by atoms with van der Waals surface area (Å²) in [6.07, 6.45) is 3.56. The summed E-state index contributed by atoms with van der Waals surface area (Å²) in [5.74, 6) is 0.707. The van der Waals surface area contributed by atoms with E-state index in [-0.39, 0.29) is 0 Å². The topological polar surface area (TPSA) is 15.3 Å². The van der Waals surface area contributed by atoms with E-state index in [0.29, 0.717) is 12.0 Å². The maximum atomic E-state index is 3.74. The number of benzene rings is 1. The molecule has 110 valence electrons. The van der Waals surface area contributed by atoms with Gasteiger partial charge in [-0.15, -0.1) is 0 Å². The summed E-state index contributed by atoms with van der Waals surface area (Å²) in [5, 5.41) is 3.74. The second kappa shape index (κ2) is 6.94. The van der Waals surface area contributed by atoms with Crippen LogP contribution in [0.4, 0.5) is 5.69 Å². The molecule has 0 bridgehead atoms. The molecule has 20 heavy (non-hydrogen) atoms. The van der Waals surface area contributed by atoms with Gasteiger partial charge >= 0.3 is 0 Å². The molecule has 2 atom stereocenters. The molecule has 2 nitrogen and oxygen atoms in total. The maximum Gasteiger partial charge on any atom is 0.0415 e. The Bertz CT molecular complexity index is 460. The molecule has 2 rings (SSSR count). The van der Waals surface area contributed by atoms with Crippen LogP contribution in [0.15, 0.2) is 35.9 Å². The lowest BCUT2D eigenvalue weighted by molar-refractivity contribution is 0.372. The fourth-order valence-electron chi connectivity index (χ4n) is 2.74. The molecular formula is C18H28N2. The molecule has 0 amide bonds. The number of fused-ring (bicyclic) bond motifs is 1. The van der Waals surface area contributed by atoms with Crippen LogP contribution < -0.4 is 10.2 Å². The third kappa shape index (κ3) is 3.63. The van der Waals surface area contributed by atoms with Gasteiger partial charge in [0.1, 0.15) is 0 Å². The van der Waals surface area contributed by atoms with Crippen molar-refractivity contribution in [3.8, 4) is 0 Å². The van der Waals surface area contributed by atoms with Crippen molar-refractivity contribution in [2.45, 2.75) is 46.7 Å². The average molecular weight is 272 g/mol. The van der Waals surface area contributed by atoms with E-state index < -0.39 is 0 Å². The Labute approximate surface area is 123 Å². The Balaban J connectivity index is 2.25. The molecule has 0 spiro atoms. The van der Waals surface area contributed by atoms with Crippen LogP contribution in [0.25, 0.3) is 0 Å². The van der Waals surface area contributed by atoms with Gasteiger partial charge in [-0.2, -0.15) is 0 Å². The molecule has 0 saturated carbocycles. The van der Waals surface area contributed by atoms with Crippen LogP contribution in [0.3, 0.4) is 0 Å². The van der Waals surface area contributed by atoms with E-state index in [0.717, 1.165) is 19.6 Å². The van der Waals surface area contributed by atoms with Gasteiger partial charge in [0, 0.05) is 31.4 Å². The van der Waals surface area contributed by atoms with Gasteiger partial charge in [-0.05, 0) is 31.4 Å². The smallest absolute Gasteiger partial charge is 0.0415 e. The van der Waals surface area contributed by atoms with Gasteiger partial charge in [0.05, 0.1) is 0 Å². The highest BCUT2D eigenvalue weighted by atomic mass is 15.2. The SMILES string of the molecule is CCC(C)C1CN(CC=C(C)C)c2ccccc2CN1. The van der Waals surface area contributed by atoms with Crippen LogP contribution in [0.2, 0.25) is 0 Å². The predicted octanol–water partition coefficient (Wildman–Crippen LogP) is 3.98. The van der Waals surface area contributed by atoms with Gasteiger partial charge in [-0.3, -0.25) is 0 Å². The quantitative estimate of drug-likeness (QED) is 0.834. The van der Waals surface area contributed by atoms with Crippen LogP contribution in [-0.2, 0) is 6.54 Å². The lowest BCUT2D eigenvalue weighted by atomic mass is 9.99. The van der Waals surface area contributed by atoms with E-state index >= 15 is 0 Å². The summed E-state index contributed by atoms with van der Waals surface area (Å²) >= 11 is 0. The first-order valence-electron chi connectivity index (χ1n) is 7.81. The van der Waals surface area contributed by atoms with Gasteiger partial charge in [-0.25, -0.2) is 0 Å². The number of nitrogens with zero attached hydrogens (tertiary/aromatic N) is 1. The first-order chi connectivity index (χ1) is 9.61. The second-order valence-corrected chi connectivity index (χ2v) is 6.19. The van der Waals surface area contributed by atoms with E-state index in [1.807, 2.05) is 0 Å². The Kier molecular flexibility index (Phi) is 5.24.